The minimum Gasteiger partial charge on any atom is -0.360 e. The Kier molecular flexibility index (Phi) is 4.92. The van der Waals surface area contributed by atoms with E-state index in [0.29, 0.717) is 12.8 Å². The number of benzene rings is 2. The van der Waals surface area contributed by atoms with Crippen molar-refractivity contribution < 1.29 is 23.2 Å². The van der Waals surface area contributed by atoms with Crippen molar-refractivity contribution in [3.05, 3.63) is 76.3 Å². The van der Waals surface area contributed by atoms with Crippen molar-refractivity contribution in [1.29, 1.82) is 0 Å². The van der Waals surface area contributed by atoms with Gasteiger partial charge >= 0.3 is 13.0 Å². The van der Waals surface area contributed by atoms with Crippen LogP contribution in [0.15, 0.2) is 48.5 Å². The summed E-state index contributed by atoms with van der Waals surface area (Å²) in [4.78, 5) is 17.0. The molecule has 3 aliphatic rings. The van der Waals surface area contributed by atoms with Gasteiger partial charge in [-0.15, -0.1) is 0 Å². The van der Waals surface area contributed by atoms with Crippen LogP contribution in [0.3, 0.4) is 0 Å². The molecule has 6 nitrogen and oxygen atoms in total. The number of rotatable bonds is 6. The fraction of sp³-hybridized carbons (Fsp3) is 0.364. The molecule has 29 heavy (non-hydrogen) atoms. The first-order valence-corrected chi connectivity index (χ1v) is 11.2. The number of hydrogen-bond donors (Lipinski definition) is 0. The van der Waals surface area contributed by atoms with Crippen molar-refractivity contribution in [3.63, 3.8) is 0 Å². The van der Waals surface area contributed by atoms with Crippen LogP contribution in [0.2, 0.25) is 0 Å². The summed E-state index contributed by atoms with van der Waals surface area (Å²) in [5.41, 5.74) is 12.8. The Morgan fingerprint density at radius 3 is 1.97 bits per heavy atom. The Labute approximate surface area is 170 Å². The summed E-state index contributed by atoms with van der Waals surface area (Å²) in [7, 11) is -1.65. The molecule has 2 aromatic rings. The predicted octanol–water partition coefficient (Wildman–Crippen LogP) is 4.75. The number of fused-ring (bicyclic) bond motifs is 1. The molecule has 150 valence electrons. The molecular weight excluding hydrogens is 387 g/mol. The van der Waals surface area contributed by atoms with Crippen molar-refractivity contribution in [3.8, 4) is 0 Å². The van der Waals surface area contributed by atoms with Gasteiger partial charge in [0.25, 0.3) is 5.78 Å². The topological polar surface area (TPSA) is 89.0 Å². The SMILES string of the molecule is CCC1(C(=O)C(=[N+]=[N-])P(=O)(OC)OC)CC2c3ccccc3C1c1ccccc12. The predicted molar refractivity (Wildman–Crippen MR) is 109 cm³/mol. The lowest BCUT2D eigenvalue weighted by molar-refractivity contribution is -0.128. The van der Waals surface area contributed by atoms with Crippen LogP contribution < -0.4 is 0 Å². The summed E-state index contributed by atoms with van der Waals surface area (Å²) in [6, 6.07) is 16.3. The summed E-state index contributed by atoms with van der Waals surface area (Å²) < 4.78 is 22.9. The smallest absolute Gasteiger partial charge is 0.360 e. The fourth-order valence-electron chi connectivity index (χ4n) is 5.24. The molecule has 0 saturated carbocycles. The van der Waals surface area contributed by atoms with Gasteiger partial charge in [-0.3, -0.25) is 4.79 Å². The van der Waals surface area contributed by atoms with Crippen LogP contribution in [0.4, 0.5) is 0 Å². The Balaban J connectivity index is 1.95. The average Bonchev–Trinajstić information content (AvgIpc) is 2.79. The molecule has 0 heterocycles. The second-order valence-corrected chi connectivity index (χ2v) is 9.72. The zero-order valence-corrected chi connectivity index (χ0v) is 17.6. The van der Waals surface area contributed by atoms with Crippen LogP contribution in [0.25, 0.3) is 5.53 Å². The summed E-state index contributed by atoms with van der Waals surface area (Å²) in [5, 5.41) is 0. The fourth-order valence-corrected chi connectivity index (χ4v) is 6.32. The molecule has 7 heteroatoms. The highest BCUT2D eigenvalue weighted by Gasteiger charge is 2.61. The van der Waals surface area contributed by atoms with E-state index < -0.39 is 24.2 Å². The van der Waals surface area contributed by atoms with Gasteiger partial charge in [0.15, 0.2) is 0 Å². The summed E-state index contributed by atoms with van der Waals surface area (Å²) in [6.07, 6.45) is 1.05. The Morgan fingerprint density at radius 2 is 1.55 bits per heavy atom. The van der Waals surface area contributed by atoms with Gasteiger partial charge in [0.2, 0.25) is 0 Å². The van der Waals surface area contributed by atoms with E-state index in [-0.39, 0.29) is 11.8 Å². The second-order valence-electron chi connectivity index (χ2n) is 7.57. The normalized spacial score (nSPS) is 24.4. The molecule has 1 atom stereocenters. The van der Waals surface area contributed by atoms with Gasteiger partial charge < -0.3 is 14.6 Å². The second kappa shape index (κ2) is 7.16. The van der Waals surface area contributed by atoms with Crippen molar-refractivity contribution in [2.75, 3.05) is 14.2 Å². The molecule has 0 fully saturated rings. The summed E-state index contributed by atoms with van der Waals surface area (Å²) >= 11 is 0. The number of nitrogens with zero attached hydrogens (tertiary/aromatic N) is 2. The maximum absolute atomic E-state index is 13.8. The highest BCUT2D eigenvalue weighted by atomic mass is 31.2. The Morgan fingerprint density at radius 1 is 1.07 bits per heavy atom. The molecule has 3 aliphatic carbocycles. The maximum Gasteiger partial charge on any atom is 0.446 e. The number of carbonyl (C=O) groups excluding carboxylic acids is 1. The molecule has 5 rings (SSSR count). The third-order valence-corrected chi connectivity index (χ3v) is 8.38. The molecule has 0 saturated heterocycles. The van der Waals surface area contributed by atoms with E-state index >= 15 is 0 Å². The van der Waals surface area contributed by atoms with Crippen LogP contribution in [-0.2, 0) is 18.4 Å². The Hall–Kier alpha value is -2.36. The third-order valence-electron chi connectivity index (χ3n) is 6.61. The van der Waals surface area contributed by atoms with Crippen molar-refractivity contribution >= 4 is 18.8 Å². The molecule has 0 spiro atoms. The highest BCUT2D eigenvalue weighted by molar-refractivity contribution is 7.74. The number of carbonyl (C=O) groups is 1. The molecule has 2 bridgehead atoms. The van der Waals surface area contributed by atoms with Crippen molar-refractivity contribution in [2.24, 2.45) is 5.41 Å². The molecular formula is C22H23N2O4P. The first kappa shape index (κ1) is 19.9. The number of hydrogen-bond acceptors (Lipinski definition) is 4. The van der Waals surface area contributed by atoms with Gasteiger partial charge in [-0.1, -0.05) is 55.5 Å². The lowest BCUT2D eigenvalue weighted by atomic mass is 9.50. The zero-order valence-electron chi connectivity index (χ0n) is 16.7. The minimum absolute atomic E-state index is 0.0423. The van der Waals surface area contributed by atoms with Crippen molar-refractivity contribution in [2.45, 2.75) is 31.6 Å². The quantitative estimate of drug-likeness (QED) is 0.298. The maximum atomic E-state index is 13.8. The lowest BCUT2D eigenvalue weighted by Gasteiger charge is -2.51. The average molecular weight is 410 g/mol. The first-order chi connectivity index (χ1) is 14.0. The molecule has 0 aromatic heterocycles. The molecule has 0 radical (unpaired) electrons. The largest absolute Gasteiger partial charge is 0.446 e. The highest BCUT2D eigenvalue weighted by Crippen LogP contribution is 2.64. The van der Waals surface area contributed by atoms with Crippen LogP contribution in [0.5, 0.6) is 0 Å². The van der Waals surface area contributed by atoms with E-state index in [4.69, 9.17) is 9.05 Å². The van der Waals surface area contributed by atoms with E-state index in [9.17, 15) is 14.9 Å². The zero-order chi connectivity index (χ0) is 20.8. The summed E-state index contributed by atoms with van der Waals surface area (Å²) in [5.74, 6) is -0.662. The van der Waals surface area contributed by atoms with Crippen LogP contribution >= 0.6 is 7.60 Å². The van der Waals surface area contributed by atoms with E-state index in [1.807, 2.05) is 31.2 Å². The van der Waals surface area contributed by atoms with Gasteiger partial charge in [-0.05, 0) is 35.1 Å². The lowest BCUT2D eigenvalue weighted by Crippen LogP contribution is -2.49. The van der Waals surface area contributed by atoms with Crippen LogP contribution in [0.1, 0.15) is 53.9 Å². The standard InChI is InChI=1S/C22H23N2O4P/c1-4-22(20(25)21(24-23)29(26,27-2)28-3)13-18-14-9-5-7-11-16(14)19(22)17-12-8-6-10-15(17)18/h5-12,18-19H,4,13H2,1-3H3. The van der Waals surface area contributed by atoms with E-state index in [1.54, 1.807) is 0 Å². The Bertz CT molecular complexity index is 1040. The minimum atomic E-state index is -4.01. The molecule has 0 aliphatic heterocycles. The molecule has 1 unspecified atom stereocenters. The van der Waals surface area contributed by atoms with E-state index in [0.717, 1.165) is 11.1 Å². The van der Waals surface area contributed by atoms with Gasteiger partial charge in [0.1, 0.15) is 0 Å². The van der Waals surface area contributed by atoms with Crippen LogP contribution in [0, 0.1) is 5.41 Å². The van der Waals surface area contributed by atoms with E-state index in [2.05, 4.69) is 29.1 Å². The number of Topliss-reactive ketones (excluding diaryl/α,β-unsaturated/α-hetero) is 1. The van der Waals surface area contributed by atoms with Crippen LogP contribution in [-0.4, -0.2) is 30.2 Å². The first-order valence-electron chi connectivity index (χ1n) is 9.64. The molecule has 0 N–H and O–H groups in total. The van der Waals surface area contributed by atoms with Gasteiger partial charge in [-0.25, -0.2) is 4.57 Å². The van der Waals surface area contributed by atoms with Crippen molar-refractivity contribution in [1.82, 2.24) is 0 Å². The third kappa shape index (κ3) is 2.64. The molecule has 0 amide bonds. The van der Waals surface area contributed by atoms with E-state index in [1.165, 1.54) is 25.3 Å². The molecule has 2 aromatic carbocycles. The monoisotopic (exact) mass is 410 g/mol. The van der Waals surface area contributed by atoms with Gasteiger partial charge in [0.05, 0.1) is 5.41 Å². The van der Waals surface area contributed by atoms with Gasteiger partial charge in [-0.2, -0.15) is 4.79 Å². The summed E-state index contributed by atoms with van der Waals surface area (Å²) in [6.45, 7) is 1.95. The number of ketones is 1. The van der Waals surface area contributed by atoms with Gasteiger partial charge in [0, 0.05) is 26.1 Å².